The van der Waals surface area contributed by atoms with Gasteiger partial charge in [0.2, 0.25) is 0 Å². The molecule has 5 nitrogen and oxygen atoms in total. The maximum absolute atomic E-state index is 13.3. The maximum atomic E-state index is 13.3. The number of pyridine rings is 1. The molecule has 148 valence electrons. The highest BCUT2D eigenvalue weighted by Crippen LogP contribution is 2.42. The normalized spacial score (nSPS) is 19.0. The molecule has 0 radical (unpaired) electrons. The number of allylic oxidation sites excluding steroid dienone is 3. The van der Waals surface area contributed by atoms with Gasteiger partial charge in [-0.1, -0.05) is 29.8 Å². The molecule has 6 heteroatoms. The van der Waals surface area contributed by atoms with Gasteiger partial charge >= 0.3 is 0 Å². The molecule has 4 rings (SSSR count). The third-order valence-corrected chi connectivity index (χ3v) is 5.61. The Morgan fingerprint density at radius 3 is 2.62 bits per heavy atom. The van der Waals surface area contributed by atoms with Crippen molar-refractivity contribution in [3.05, 3.63) is 81.3 Å². The van der Waals surface area contributed by atoms with E-state index in [4.69, 9.17) is 11.6 Å². The predicted octanol–water partition coefficient (Wildman–Crippen LogP) is 4.65. The third kappa shape index (κ3) is 3.83. The first kappa shape index (κ1) is 19.4. The number of halogens is 1. The van der Waals surface area contributed by atoms with Gasteiger partial charge in [0, 0.05) is 45.6 Å². The molecule has 1 aromatic carbocycles. The average molecular weight is 408 g/mol. The lowest BCUT2D eigenvalue weighted by Crippen LogP contribution is -2.35. The van der Waals surface area contributed by atoms with Gasteiger partial charge in [0.25, 0.3) is 5.91 Å². The molecule has 0 fully saturated rings. The number of anilines is 1. The molecular formula is C23H22ClN3O2. The summed E-state index contributed by atoms with van der Waals surface area (Å²) in [4.78, 5) is 30.5. The van der Waals surface area contributed by atoms with Gasteiger partial charge in [0.1, 0.15) is 5.82 Å². The molecule has 1 atom stereocenters. The number of dihydropyridines is 1. The smallest absolute Gasteiger partial charge is 0.255 e. The molecule has 0 bridgehead atoms. The molecule has 2 N–H and O–H groups in total. The molecular weight excluding hydrogens is 386 g/mol. The van der Waals surface area contributed by atoms with Crippen LogP contribution < -0.4 is 10.6 Å². The molecule has 2 aromatic rings. The molecule has 29 heavy (non-hydrogen) atoms. The number of nitrogens with zero attached hydrogens (tertiary/aromatic N) is 1. The summed E-state index contributed by atoms with van der Waals surface area (Å²) in [5, 5.41) is 6.83. The van der Waals surface area contributed by atoms with Crippen molar-refractivity contribution in [3.8, 4) is 0 Å². The van der Waals surface area contributed by atoms with Gasteiger partial charge in [-0.15, -0.1) is 0 Å². The summed E-state index contributed by atoms with van der Waals surface area (Å²) in [7, 11) is 0. The van der Waals surface area contributed by atoms with Gasteiger partial charge in [0.05, 0.1) is 0 Å². The van der Waals surface area contributed by atoms with Crippen LogP contribution in [0.4, 0.5) is 5.82 Å². The van der Waals surface area contributed by atoms with E-state index >= 15 is 0 Å². The molecule has 1 amide bonds. The van der Waals surface area contributed by atoms with Crippen LogP contribution in [-0.4, -0.2) is 16.7 Å². The number of hydrogen-bond acceptors (Lipinski definition) is 4. The number of nitrogens with one attached hydrogen (secondary N) is 2. The van der Waals surface area contributed by atoms with Crippen molar-refractivity contribution in [2.75, 3.05) is 5.32 Å². The first-order chi connectivity index (χ1) is 13.9. The Hall–Kier alpha value is -2.92. The first-order valence-corrected chi connectivity index (χ1v) is 10.1. The van der Waals surface area contributed by atoms with Crippen molar-refractivity contribution >= 4 is 29.1 Å². The monoisotopic (exact) mass is 407 g/mol. The van der Waals surface area contributed by atoms with E-state index in [-0.39, 0.29) is 11.7 Å². The van der Waals surface area contributed by atoms with E-state index in [9.17, 15) is 9.59 Å². The summed E-state index contributed by atoms with van der Waals surface area (Å²) in [6, 6.07) is 12.8. The van der Waals surface area contributed by atoms with E-state index in [1.165, 1.54) is 0 Å². The van der Waals surface area contributed by atoms with Crippen LogP contribution in [0.15, 0.2) is 65.0 Å². The fourth-order valence-electron chi connectivity index (χ4n) is 4.07. The standard InChI is InChI=1S/C23H22ClN3O2/c1-13-5-3-8-19(25-13)27-23(29)20-14(2)26-17-6-4-7-18(28)22(17)21(20)15-9-11-16(24)12-10-15/h3,5,8-12,21,26H,4,6-7H2,1-2H3,(H,25,27,29)/t21-/m1/s1. The Kier molecular flexibility index (Phi) is 5.24. The van der Waals surface area contributed by atoms with Gasteiger partial charge in [-0.3, -0.25) is 9.59 Å². The minimum atomic E-state index is -0.430. The first-order valence-electron chi connectivity index (χ1n) is 9.68. The van der Waals surface area contributed by atoms with Crippen LogP contribution in [0.2, 0.25) is 5.02 Å². The van der Waals surface area contributed by atoms with Crippen LogP contribution in [0.1, 0.15) is 43.4 Å². The zero-order chi connectivity index (χ0) is 20.5. The molecule has 1 aliphatic heterocycles. The summed E-state index contributed by atoms with van der Waals surface area (Å²) in [6.45, 7) is 3.75. The number of Topliss-reactive ketones (excluding diaryl/α,β-unsaturated/α-hetero) is 1. The summed E-state index contributed by atoms with van der Waals surface area (Å²) < 4.78 is 0. The minimum absolute atomic E-state index is 0.0881. The van der Waals surface area contributed by atoms with E-state index in [2.05, 4.69) is 15.6 Å². The van der Waals surface area contributed by atoms with Gasteiger partial charge in [-0.25, -0.2) is 4.98 Å². The van der Waals surface area contributed by atoms with Crippen LogP contribution in [-0.2, 0) is 9.59 Å². The van der Waals surface area contributed by atoms with Crippen LogP contribution in [0.25, 0.3) is 0 Å². The van der Waals surface area contributed by atoms with E-state index in [0.29, 0.717) is 28.4 Å². The molecule has 2 aliphatic rings. The van der Waals surface area contributed by atoms with E-state index in [0.717, 1.165) is 35.5 Å². The van der Waals surface area contributed by atoms with Crippen LogP contribution in [0, 0.1) is 6.92 Å². The van der Waals surface area contributed by atoms with Crippen LogP contribution in [0.5, 0.6) is 0 Å². The quantitative estimate of drug-likeness (QED) is 0.776. The molecule has 1 aromatic heterocycles. The number of aryl methyl sites for hydroxylation is 1. The summed E-state index contributed by atoms with van der Waals surface area (Å²) in [6.07, 6.45) is 2.12. The molecule has 0 unspecified atom stereocenters. The third-order valence-electron chi connectivity index (χ3n) is 5.35. The number of aromatic nitrogens is 1. The maximum Gasteiger partial charge on any atom is 0.255 e. The van der Waals surface area contributed by atoms with Crippen molar-refractivity contribution in [1.29, 1.82) is 0 Å². The lowest BCUT2D eigenvalue weighted by molar-refractivity contribution is -0.116. The second-order valence-corrected chi connectivity index (χ2v) is 7.87. The van der Waals surface area contributed by atoms with Crippen molar-refractivity contribution in [3.63, 3.8) is 0 Å². The van der Waals surface area contributed by atoms with Gasteiger partial charge < -0.3 is 10.6 Å². The zero-order valence-corrected chi connectivity index (χ0v) is 17.1. The average Bonchev–Trinajstić information content (AvgIpc) is 2.67. The van der Waals surface area contributed by atoms with Gasteiger partial charge in [0.15, 0.2) is 5.78 Å². The number of amides is 1. The fraction of sp³-hybridized carbons (Fsp3) is 0.261. The lowest BCUT2D eigenvalue weighted by atomic mass is 9.75. The van der Waals surface area contributed by atoms with Crippen molar-refractivity contribution < 1.29 is 9.59 Å². The molecule has 0 spiro atoms. The Morgan fingerprint density at radius 2 is 1.90 bits per heavy atom. The Morgan fingerprint density at radius 1 is 1.14 bits per heavy atom. The highest BCUT2D eigenvalue weighted by molar-refractivity contribution is 6.30. The molecule has 2 heterocycles. The highest BCUT2D eigenvalue weighted by atomic mass is 35.5. The van der Waals surface area contributed by atoms with Crippen molar-refractivity contribution in [1.82, 2.24) is 10.3 Å². The number of benzene rings is 1. The van der Waals surface area contributed by atoms with E-state index in [1.54, 1.807) is 18.2 Å². The SMILES string of the molecule is CC1=C(C(=O)Nc2cccc(C)n2)[C@@H](c2ccc(Cl)cc2)C2=C(CCCC2=O)N1. The Labute approximate surface area is 174 Å². The zero-order valence-electron chi connectivity index (χ0n) is 16.4. The summed E-state index contributed by atoms with van der Waals surface area (Å²) >= 11 is 6.08. The highest BCUT2D eigenvalue weighted by Gasteiger charge is 2.38. The van der Waals surface area contributed by atoms with E-state index < -0.39 is 5.92 Å². The van der Waals surface area contributed by atoms with Gasteiger partial charge in [-0.2, -0.15) is 0 Å². The lowest BCUT2D eigenvalue weighted by Gasteiger charge is -2.34. The molecule has 0 saturated carbocycles. The Bertz CT molecular complexity index is 1050. The van der Waals surface area contributed by atoms with E-state index in [1.807, 2.05) is 38.1 Å². The number of carbonyl (C=O) groups excluding carboxylic acids is 2. The number of ketones is 1. The molecule has 1 aliphatic carbocycles. The fourth-order valence-corrected chi connectivity index (χ4v) is 4.20. The van der Waals surface area contributed by atoms with Crippen molar-refractivity contribution in [2.45, 2.75) is 39.0 Å². The number of rotatable bonds is 3. The minimum Gasteiger partial charge on any atom is -0.362 e. The number of carbonyl (C=O) groups is 2. The molecule has 0 saturated heterocycles. The predicted molar refractivity (Wildman–Crippen MR) is 114 cm³/mol. The second kappa shape index (κ2) is 7.84. The summed E-state index contributed by atoms with van der Waals surface area (Å²) in [5.41, 5.74) is 4.58. The van der Waals surface area contributed by atoms with Crippen LogP contribution >= 0.6 is 11.6 Å². The largest absolute Gasteiger partial charge is 0.362 e. The topological polar surface area (TPSA) is 71.1 Å². The summed E-state index contributed by atoms with van der Waals surface area (Å²) in [5.74, 6) is -0.121. The van der Waals surface area contributed by atoms with Crippen molar-refractivity contribution in [2.24, 2.45) is 0 Å². The van der Waals surface area contributed by atoms with Gasteiger partial charge in [-0.05, 0) is 56.5 Å². The van der Waals surface area contributed by atoms with Crippen LogP contribution in [0.3, 0.4) is 0 Å². The number of hydrogen-bond donors (Lipinski definition) is 2. The second-order valence-electron chi connectivity index (χ2n) is 7.44. The Balaban J connectivity index is 1.78.